The molecule has 2 aromatic rings. The summed E-state index contributed by atoms with van der Waals surface area (Å²) >= 11 is 0. The van der Waals surface area contributed by atoms with Gasteiger partial charge in [0.05, 0.1) is 12.8 Å². The van der Waals surface area contributed by atoms with Crippen LogP contribution in [-0.4, -0.2) is 18.9 Å². The van der Waals surface area contributed by atoms with Crippen LogP contribution in [0.15, 0.2) is 30.3 Å². The molecule has 0 fully saturated rings. The van der Waals surface area contributed by atoms with Crippen LogP contribution in [0, 0.1) is 6.92 Å². The van der Waals surface area contributed by atoms with E-state index in [1.165, 1.54) is 0 Å². The Bertz CT molecular complexity index is 643. The molecular formula is C16H18N2O3. The number of aromatic nitrogens is 1. The highest BCUT2D eigenvalue weighted by atomic mass is 16.7. The van der Waals surface area contributed by atoms with Crippen molar-refractivity contribution in [2.45, 2.75) is 20.0 Å². The second kappa shape index (κ2) is 6.01. The van der Waals surface area contributed by atoms with Crippen molar-refractivity contribution in [1.82, 2.24) is 10.3 Å². The minimum absolute atomic E-state index is 0.305. The number of ether oxygens (including phenoxy) is 3. The van der Waals surface area contributed by atoms with Crippen LogP contribution in [0.1, 0.15) is 17.0 Å². The summed E-state index contributed by atoms with van der Waals surface area (Å²) < 4.78 is 15.9. The molecule has 110 valence electrons. The van der Waals surface area contributed by atoms with Crippen LogP contribution in [0.2, 0.25) is 0 Å². The van der Waals surface area contributed by atoms with Crippen LogP contribution in [0.5, 0.6) is 17.2 Å². The van der Waals surface area contributed by atoms with E-state index < -0.39 is 0 Å². The fourth-order valence-corrected chi connectivity index (χ4v) is 2.30. The molecule has 0 bridgehead atoms. The molecule has 5 heteroatoms. The maximum atomic E-state index is 5.37. The number of nitrogens with zero attached hydrogens (tertiary/aromatic N) is 1. The molecule has 2 heterocycles. The van der Waals surface area contributed by atoms with Gasteiger partial charge in [-0.3, -0.25) is 4.98 Å². The molecular weight excluding hydrogens is 268 g/mol. The number of hydrogen-bond acceptors (Lipinski definition) is 5. The molecule has 0 atom stereocenters. The van der Waals surface area contributed by atoms with Crippen LogP contribution >= 0.6 is 0 Å². The normalized spacial score (nSPS) is 12.5. The lowest BCUT2D eigenvalue weighted by molar-refractivity contribution is 0.174. The van der Waals surface area contributed by atoms with Gasteiger partial charge in [-0.05, 0) is 24.6 Å². The fraction of sp³-hybridized carbons (Fsp3) is 0.312. The van der Waals surface area contributed by atoms with Crippen LogP contribution in [0.4, 0.5) is 0 Å². The molecule has 1 N–H and O–H groups in total. The standard InChI is InChI=1S/C16H18N2O3/c1-11-5-14(19-2)7-13(18-11)9-17-8-12-3-4-15-16(6-12)21-10-20-15/h3-7,17H,8-10H2,1-2H3. The SMILES string of the molecule is COc1cc(C)nc(CNCc2ccc3c(c2)OCO3)c1. The summed E-state index contributed by atoms with van der Waals surface area (Å²) in [7, 11) is 1.67. The molecule has 0 saturated carbocycles. The van der Waals surface area contributed by atoms with Crippen molar-refractivity contribution in [3.05, 3.63) is 47.3 Å². The van der Waals surface area contributed by atoms with Crippen LogP contribution < -0.4 is 19.5 Å². The van der Waals surface area contributed by atoms with Gasteiger partial charge in [0.25, 0.3) is 0 Å². The van der Waals surface area contributed by atoms with Crippen molar-refractivity contribution in [2.75, 3.05) is 13.9 Å². The van der Waals surface area contributed by atoms with Crippen molar-refractivity contribution >= 4 is 0 Å². The second-order valence-corrected chi connectivity index (χ2v) is 4.93. The predicted molar refractivity (Wildman–Crippen MR) is 78.6 cm³/mol. The van der Waals surface area contributed by atoms with Crippen molar-refractivity contribution in [2.24, 2.45) is 0 Å². The van der Waals surface area contributed by atoms with E-state index in [9.17, 15) is 0 Å². The van der Waals surface area contributed by atoms with E-state index in [4.69, 9.17) is 14.2 Å². The average molecular weight is 286 g/mol. The van der Waals surface area contributed by atoms with Gasteiger partial charge in [0.2, 0.25) is 6.79 Å². The number of aryl methyl sites for hydroxylation is 1. The first kappa shape index (κ1) is 13.7. The van der Waals surface area contributed by atoms with E-state index >= 15 is 0 Å². The molecule has 1 aromatic heterocycles. The van der Waals surface area contributed by atoms with Crippen molar-refractivity contribution < 1.29 is 14.2 Å². The molecule has 0 unspecified atom stereocenters. The Morgan fingerprint density at radius 1 is 1.14 bits per heavy atom. The number of rotatable bonds is 5. The molecule has 1 aliphatic rings. The van der Waals surface area contributed by atoms with E-state index in [0.717, 1.165) is 40.7 Å². The molecule has 3 rings (SSSR count). The monoisotopic (exact) mass is 286 g/mol. The molecule has 0 aliphatic carbocycles. The highest BCUT2D eigenvalue weighted by Crippen LogP contribution is 2.32. The number of hydrogen-bond donors (Lipinski definition) is 1. The predicted octanol–water partition coefficient (Wildman–Crippen LogP) is 2.42. The first-order valence-corrected chi connectivity index (χ1v) is 6.85. The highest BCUT2D eigenvalue weighted by Gasteiger charge is 2.12. The molecule has 21 heavy (non-hydrogen) atoms. The van der Waals surface area contributed by atoms with Gasteiger partial charge in [-0.25, -0.2) is 0 Å². The van der Waals surface area contributed by atoms with E-state index in [-0.39, 0.29) is 0 Å². The number of nitrogens with one attached hydrogen (secondary N) is 1. The average Bonchev–Trinajstić information content (AvgIpc) is 2.94. The zero-order valence-corrected chi connectivity index (χ0v) is 12.2. The van der Waals surface area contributed by atoms with Gasteiger partial charge < -0.3 is 19.5 Å². The number of benzene rings is 1. The Labute approximate surface area is 123 Å². The third-order valence-electron chi connectivity index (χ3n) is 3.29. The maximum absolute atomic E-state index is 5.37. The summed E-state index contributed by atoms with van der Waals surface area (Å²) in [5, 5.41) is 3.37. The summed E-state index contributed by atoms with van der Waals surface area (Å²) in [5.74, 6) is 2.45. The molecule has 1 aliphatic heterocycles. The Morgan fingerprint density at radius 2 is 2.00 bits per heavy atom. The lowest BCUT2D eigenvalue weighted by atomic mass is 10.2. The van der Waals surface area contributed by atoms with Crippen LogP contribution in [0.25, 0.3) is 0 Å². The van der Waals surface area contributed by atoms with Gasteiger partial charge in [-0.1, -0.05) is 6.07 Å². The Hall–Kier alpha value is -2.27. The van der Waals surface area contributed by atoms with Gasteiger partial charge >= 0.3 is 0 Å². The smallest absolute Gasteiger partial charge is 0.231 e. The van der Waals surface area contributed by atoms with Crippen LogP contribution in [0.3, 0.4) is 0 Å². The van der Waals surface area contributed by atoms with Gasteiger partial charge in [0.1, 0.15) is 5.75 Å². The van der Waals surface area contributed by atoms with Crippen molar-refractivity contribution in [3.63, 3.8) is 0 Å². The van der Waals surface area contributed by atoms with Crippen molar-refractivity contribution in [1.29, 1.82) is 0 Å². The Balaban J connectivity index is 1.60. The molecule has 0 spiro atoms. The highest BCUT2D eigenvalue weighted by molar-refractivity contribution is 5.44. The van der Waals surface area contributed by atoms with E-state index in [1.807, 2.05) is 37.3 Å². The topological polar surface area (TPSA) is 52.6 Å². The molecule has 0 amide bonds. The quantitative estimate of drug-likeness (QED) is 0.915. The summed E-state index contributed by atoms with van der Waals surface area (Å²) in [6, 6.07) is 9.83. The summed E-state index contributed by atoms with van der Waals surface area (Å²) in [6.45, 7) is 3.70. The summed E-state index contributed by atoms with van der Waals surface area (Å²) in [6.07, 6.45) is 0. The lowest BCUT2D eigenvalue weighted by Crippen LogP contribution is -2.14. The lowest BCUT2D eigenvalue weighted by Gasteiger charge is -2.08. The van der Waals surface area contributed by atoms with Crippen molar-refractivity contribution in [3.8, 4) is 17.2 Å². The second-order valence-electron chi connectivity index (χ2n) is 4.93. The third kappa shape index (κ3) is 3.25. The largest absolute Gasteiger partial charge is 0.497 e. The molecule has 1 aromatic carbocycles. The first-order chi connectivity index (χ1) is 10.2. The molecule has 5 nitrogen and oxygen atoms in total. The third-order valence-corrected chi connectivity index (χ3v) is 3.29. The van der Waals surface area contributed by atoms with Crippen LogP contribution in [-0.2, 0) is 13.1 Å². The summed E-state index contributed by atoms with van der Waals surface area (Å²) in [5.41, 5.74) is 3.07. The van der Waals surface area contributed by atoms with Gasteiger partial charge in [-0.15, -0.1) is 0 Å². The van der Waals surface area contributed by atoms with Gasteiger partial charge in [-0.2, -0.15) is 0 Å². The number of fused-ring (bicyclic) bond motifs is 1. The Kier molecular flexibility index (Phi) is 3.92. The molecule has 0 radical (unpaired) electrons. The van der Waals surface area contributed by atoms with Gasteiger partial charge in [0, 0.05) is 30.9 Å². The van der Waals surface area contributed by atoms with E-state index in [2.05, 4.69) is 10.3 Å². The number of pyridine rings is 1. The van der Waals surface area contributed by atoms with Gasteiger partial charge in [0.15, 0.2) is 11.5 Å². The van der Waals surface area contributed by atoms with E-state index in [0.29, 0.717) is 13.3 Å². The number of methoxy groups -OCH3 is 1. The zero-order valence-electron chi connectivity index (χ0n) is 12.2. The maximum Gasteiger partial charge on any atom is 0.231 e. The minimum Gasteiger partial charge on any atom is -0.497 e. The zero-order chi connectivity index (χ0) is 14.7. The van der Waals surface area contributed by atoms with E-state index in [1.54, 1.807) is 7.11 Å². The Morgan fingerprint density at radius 3 is 2.86 bits per heavy atom. The first-order valence-electron chi connectivity index (χ1n) is 6.85. The fourth-order valence-electron chi connectivity index (χ4n) is 2.30. The minimum atomic E-state index is 0.305. The molecule has 0 saturated heterocycles. The summed E-state index contributed by atoms with van der Waals surface area (Å²) in [4.78, 5) is 4.48.